The number of carbonyl (C=O) groups excluding carboxylic acids is 2. The molecular weight excluding hydrogens is 348 g/mol. The van der Waals surface area contributed by atoms with Gasteiger partial charge >= 0.3 is 6.09 Å². The molecule has 0 saturated carbocycles. The lowest BCUT2D eigenvalue weighted by atomic mass is 9.95. The van der Waals surface area contributed by atoms with Gasteiger partial charge in [0.1, 0.15) is 17.6 Å². The van der Waals surface area contributed by atoms with Crippen LogP contribution in [0.1, 0.15) is 43.5 Å². The summed E-state index contributed by atoms with van der Waals surface area (Å²) in [4.78, 5) is 28.8. The van der Waals surface area contributed by atoms with Crippen molar-refractivity contribution in [2.24, 2.45) is 5.92 Å². The lowest BCUT2D eigenvalue weighted by Crippen LogP contribution is -2.51. The minimum atomic E-state index is -0.214. The van der Waals surface area contributed by atoms with Crippen LogP contribution in [0, 0.1) is 5.92 Å². The van der Waals surface area contributed by atoms with E-state index in [1.165, 1.54) is 0 Å². The molecule has 2 atom stereocenters. The number of cyclic esters (lactones) is 1. The Morgan fingerprint density at radius 2 is 2.00 bits per heavy atom. The summed E-state index contributed by atoms with van der Waals surface area (Å²) in [6.07, 6.45) is 2.33. The fourth-order valence-corrected chi connectivity index (χ4v) is 4.02. The zero-order valence-electron chi connectivity index (χ0n) is 15.6. The SMILES string of the molecule is CC[C@H](C)[C@@H]1COC(=O)N1C1CCN(C(=O)c2ccc3nonc3c2)CC1. The van der Waals surface area contributed by atoms with Crippen molar-refractivity contribution in [2.45, 2.75) is 45.2 Å². The van der Waals surface area contributed by atoms with Crippen molar-refractivity contribution in [1.29, 1.82) is 0 Å². The largest absolute Gasteiger partial charge is 0.447 e. The molecule has 2 aliphatic heterocycles. The van der Waals surface area contributed by atoms with Crippen molar-refractivity contribution in [1.82, 2.24) is 20.1 Å². The van der Waals surface area contributed by atoms with Gasteiger partial charge in [-0.2, -0.15) is 0 Å². The Morgan fingerprint density at radius 1 is 1.26 bits per heavy atom. The molecule has 8 nitrogen and oxygen atoms in total. The average molecular weight is 372 g/mol. The Morgan fingerprint density at radius 3 is 2.74 bits per heavy atom. The second-order valence-corrected chi connectivity index (χ2v) is 7.43. The second kappa shape index (κ2) is 7.17. The Labute approximate surface area is 157 Å². The zero-order chi connectivity index (χ0) is 19.0. The molecule has 1 aromatic carbocycles. The lowest BCUT2D eigenvalue weighted by Gasteiger charge is -2.39. The van der Waals surface area contributed by atoms with Gasteiger partial charge in [-0.25, -0.2) is 9.42 Å². The van der Waals surface area contributed by atoms with Crippen LogP contribution in [0.3, 0.4) is 0 Å². The third-order valence-electron chi connectivity index (χ3n) is 5.89. The Bertz CT molecular complexity index is 843. The van der Waals surface area contributed by atoms with Gasteiger partial charge in [0.05, 0.1) is 6.04 Å². The Kier molecular flexibility index (Phi) is 4.72. The van der Waals surface area contributed by atoms with Crippen LogP contribution in [0.25, 0.3) is 11.0 Å². The first kappa shape index (κ1) is 17.8. The van der Waals surface area contributed by atoms with Crippen molar-refractivity contribution in [3.8, 4) is 0 Å². The molecule has 0 N–H and O–H groups in total. The van der Waals surface area contributed by atoms with E-state index in [4.69, 9.17) is 9.37 Å². The van der Waals surface area contributed by atoms with Crippen molar-refractivity contribution in [3.05, 3.63) is 23.8 Å². The molecular formula is C19H24N4O4. The van der Waals surface area contributed by atoms with E-state index >= 15 is 0 Å². The predicted octanol–water partition coefficient (Wildman–Crippen LogP) is 2.69. The number of amides is 2. The van der Waals surface area contributed by atoms with Crippen molar-refractivity contribution in [3.63, 3.8) is 0 Å². The molecule has 1 aromatic heterocycles. The molecule has 2 saturated heterocycles. The normalized spacial score (nSPS) is 22.3. The Hall–Kier alpha value is -2.64. The van der Waals surface area contributed by atoms with Gasteiger partial charge in [0.25, 0.3) is 5.91 Å². The summed E-state index contributed by atoms with van der Waals surface area (Å²) in [5.74, 6) is 0.375. The van der Waals surface area contributed by atoms with Crippen LogP contribution in [0.2, 0.25) is 0 Å². The van der Waals surface area contributed by atoms with Crippen molar-refractivity contribution < 1.29 is 19.0 Å². The van der Waals surface area contributed by atoms with Gasteiger partial charge in [-0.05, 0) is 47.3 Å². The molecule has 2 fully saturated rings. The highest BCUT2D eigenvalue weighted by Gasteiger charge is 2.41. The summed E-state index contributed by atoms with van der Waals surface area (Å²) >= 11 is 0. The minimum absolute atomic E-state index is 0.0270. The van der Waals surface area contributed by atoms with Crippen molar-refractivity contribution >= 4 is 23.0 Å². The van der Waals surface area contributed by atoms with Gasteiger partial charge in [-0.1, -0.05) is 20.3 Å². The summed E-state index contributed by atoms with van der Waals surface area (Å²) in [6, 6.07) is 5.46. The third kappa shape index (κ3) is 3.24. The lowest BCUT2D eigenvalue weighted by molar-refractivity contribution is 0.0615. The van der Waals surface area contributed by atoms with E-state index in [0.717, 1.165) is 19.3 Å². The minimum Gasteiger partial charge on any atom is -0.447 e. The topological polar surface area (TPSA) is 88.8 Å². The molecule has 0 bridgehead atoms. The van der Waals surface area contributed by atoms with Crippen molar-refractivity contribution in [2.75, 3.05) is 19.7 Å². The van der Waals surface area contributed by atoms with Gasteiger partial charge in [-0.3, -0.25) is 9.69 Å². The molecule has 2 aliphatic rings. The summed E-state index contributed by atoms with van der Waals surface area (Å²) in [7, 11) is 0. The van der Waals surface area contributed by atoms with Gasteiger partial charge < -0.3 is 9.64 Å². The second-order valence-electron chi connectivity index (χ2n) is 7.43. The number of hydrogen-bond donors (Lipinski definition) is 0. The molecule has 0 unspecified atom stereocenters. The highest BCUT2D eigenvalue weighted by atomic mass is 16.6. The maximum atomic E-state index is 12.8. The zero-order valence-corrected chi connectivity index (χ0v) is 15.6. The van der Waals surface area contributed by atoms with E-state index in [1.54, 1.807) is 18.2 Å². The van der Waals surface area contributed by atoms with E-state index in [1.807, 2.05) is 9.80 Å². The molecule has 8 heteroatoms. The van der Waals surface area contributed by atoms with Gasteiger partial charge in [0.2, 0.25) is 0 Å². The monoisotopic (exact) mass is 372 g/mol. The number of aromatic nitrogens is 2. The standard InChI is InChI=1S/C19H24N4O4/c1-3-12(2)17-11-26-19(25)23(17)14-6-8-22(9-7-14)18(24)13-4-5-15-16(10-13)21-27-20-15/h4-5,10,12,14,17H,3,6-9,11H2,1-2H3/t12-,17-/m0/s1. The number of hydrogen-bond acceptors (Lipinski definition) is 6. The Balaban J connectivity index is 1.42. The quantitative estimate of drug-likeness (QED) is 0.820. The first-order chi connectivity index (χ1) is 13.1. The third-order valence-corrected chi connectivity index (χ3v) is 5.89. The predicted molar refractivity (Wildman–Crippen MR) is 97.2 cm³/mol. The van der Waals surface area contributed by atoms with Gasteiger partial charge in [0.15, 0.2) is 0 Å². The molecule has 2 aromatic rings. The van der Waals surface area contributed by atoms with Crippen LogP contribution in [0.15, 0.2) is 22.8 Å². The number of benzene rings is 1. The van der Waals surface area contributed by atoms with Crippen LogP contribution < -0.4 is 0 Å². The van der Waals surface area contributed by atoms with Gasteiger partial charge in [-0.15, -0.1) is 0 Å². The molecule has 144 valence electrons. The van der Waals surface area contributed by atoms with E-state index < -0.39 is 0 Å². The number of piperidine rings is 1. The summed E-state index contributed by atoms with van der Waals surface area (Å²) in [5, 5.41) is 7.56. The molecule has 27 heavy (non-hydrogen) atoms. The molecule has 0 aliphatic carbocycles. The van der Waals surface area contributed by atoms with E-state index in [-0.39, 0.29) is 24.1 Å². The first-order valence-electron chi connectivity index (χ1n) is 9.55. The molecule has 2 amide bonds. The fraction of sp³-hybridized carbons (Fsp3) is 0.579. The summed E-state index contributed by atoms with van der Waals surface area (Å²) < 4.78 is 10.0. The number of likely N-dealkylation sites (tertiary alicyclic amines) is 1. The molecule has 0 spiro atoms. The highest BCUT2D eigenvalue weighted by Crippen LogP contribution is 2.29. The number of ether oxygens (including phenoxy) is 1. The summed E-state index contributed by atoms with van der Waals surface area (Å²) in [6.45, 7) is 6.01. The number of nitrogens with zero attached hydrogens (tertiary/aromatic N) is 4. The van der Waals surface area contributed by atoms with E-state index in [9.17, 15) is 9.59 Å². The van der Waals surface area contributed by atoms with Crippen LogP contribution >= 0.6 is 0 Å². The van der Waals surface area contributed by atoms with E-state index in [0.29, 0.717) is 42.2 Å². The molecule has 0 radical (unpaired) electrons. The number of rotatable bonds is 4. The fourth-order valence-electron chi connectivity index (χ4n) is 4.02. The maximum absolute atomic E-state index is 12.8. The smallest absolute Gasteiger partial charge is 0.410 e. The van der Waals surface area contributed by atoms with Crippen LogP contribution in [-0.4, -0.2) is 63.9 Å². The average Bonchev–Trinajstić information content (AvgIpc) is 3.32. The first-order valence-corrected chi connectivity index (χ1v) is 9.55. The van der Waals surface area contributed by atoms with Gasteiger partial charge in [0, 0.05) is 24.7 Å². The molecule has 4 rings (SSSR count). The maximum Gasteiger partial charge on any atom is 0.410 e. The van der Waals surface area contributed by atoms with Crippen LogP contribution in [0.5, 0.6) is 0 Å². The molecule has 3 heterocycles. The number of fused-ring (bicyclic) bond motifs is 1. The van der Waals surface area contributed by atoms with Crippen LogP contribution in [-0.2, 0) is 4.74 Å². The van der Waals surface area contributed by atoms with Crippen LogP contribution in [0.4, 0.5) is 4.79 Å². The van der Waals surface area contributed by atoms with E-state index in [2.05, 4.69) is 24.2 Å². The summed E-state index contributed by atoms with van der Waals surface area (Å²) in [5.41, 5.74) is 1.79. The highest BCUT2D eigenvalue weighted by molar-refractivity contribution is 5.97. The number of carbonyl (C=O) groups is 2.